The molecule has 2 unspecified atom stereocenters. The second kappa shape index (κ2) is 31.2. The van der Waals surface area contributed by atoms with E-state index in [1.54, 1.807) is 0 Å². The molecule has 5 rings (SSSR count). The van der Waals surface area contributed by atoms with Gasteiger partial charge in [-0.25, -0.2) is 0 Å². The molecule has 0 saturated carbocycles. The van der Waals surface area contributed by atoms with Crippen molar-refractivity contribution in [3.63, 3.8) is 0 Å². The lowest BCUT2D eigenvalue weighted by Gasteiger charge is -2.13. The third-order valence-corrected chi connectivity index (χ3v) is 12.8. The van der Waals surface area contributed by atoms with Gasteiger partial charge >= 0.3 is 0 Å². The van der Waals surface area contributed by atoms with E-state index in [1.165, 1.54) is 193 Å². The molecule has 346 valence electrons. The van der Waals surface area contributed by atoms with E-state index in [9.17, 15) is 0 Å². The van der Waals surface area contributed by atoms with Crippen molar-refractivity contribution in [1.29, 1.82) is 0 Å². The van der Waals surface area contributed by atoms with Gasteiger partial charge in [-0.1, -0.05) is 206 Å². The Balaban J connectivity index is 1.02. The first-order chi connectivity index (χ1) is 30.2. The molecule has 61 heavy (non-hydrogen) atoms. The van der Waals surface area contributed by atoms with Crippen LogP contribution in [0, 0.1) is 0 Å². The Kier molecular flexibility index (Phi) is 25.3. The summed E-state index contributed by atoms with van der Waals surface area (Å²) in [5.41, 5.74) is 1.53. The van der Waals surface area contributed by atoms with Crippen molar-refractivity contribution >= 4 is 21.9 Å². The molecule has 2 fully saturated rings. The summed E-state index contributed by atoms with van der Waals surface area (Å²) in [5, 5.41) is 1.99. The van der Waals surface area contributed by atoms with E-state index in [1.807, 2.05) is 12.1 Å². The van der Waals surface area contributed by atoms with Gasteiger partial charge in [-0.2, -0.15) is 0 Å². The van der Waals surface area contributed by atoms with Crippen LogP contribution >= 0.6 is 0 Å². The molecular formula is C54H88O7. The summed E-state index contributed by atoms with van der Waals surface area (Å²) in [7, 11) is 0. The van der Waals surface area contributed by atoms with Gasteiger partial charge in [0.05, 0.1) is 26.4 Å². The number of hydrogen-bond donors (Lipinski definition) is 0. The lowest BCUT2D eigenvalue weighted by molar-refractivity contribution is 0.239. The third-order valence-electron chi connectivity index (χ3n) is 12.8. The molecule has 0 bridgehead atoms. The number of unbranched alkanes of at least 4 members (excludes halogenated alkanes) is 30. The first-order valence-corrected chi connectivity index (χ1v) is 26.0. The average Bonchev–Trinajstić information content (AvgIpc) is 4.22. The molecular weight excluding hydrogens is 761 g/mol. The second-order valence-electron chi connectivity index (χ2n) is 18.5. The van der Waals surface area contributed by atoms with E-state index in [2.05, 4.69) is 26.0 Å². The second-order valence-corrected chi connectivity index (χ2v) is 18.5. The number of fused-ring (bicyclic) bond motifs is 3. The minimum absolute atomic E-state index is 0.156. The molecule has 3 aromatic rings. The van der Waals surface area contributed by atoms with Crippen LogP contribution in [-0.2, 0) is 9.47 Å². The van der Waals surface area contributed by atoms with Crippen LogP contribution in [0.25, 0.3) is 21.9 Å². The SMILES string of the molecule is CCCCCCCCCCCCCCCCCCOc1cc2c(cc1OCC1CO1)oc1cc(OCC3CO3)c(OCCCCCCCCCCCCCCCCCC)cc12. The Morgan fingerprint density at radius 2 is 0.623 bits per heavy atom. The van der Waals surface area contributed by atoms with Crippen molar-refractivity contribution in [2.75, 3.05) is 39.6 Å². The molecule has 0 aliphatic carbocycles. The molecule has 3 heterocycles. The summed E-state index contributed by atoms with van der Waals surface area (Å²) in [4.78, 5) is 0. The van der Waals surface area contributed by atoms with E-state index in [0.29, 0.717) is 37.9 Å². The fraction of sp³-hybridized carbons (Fsp3) is 0.778. The Morgan fingerprint density at radius 1 is 0.361 bits per heavy atom. The lowest BCUT2D eigenvalue weighted by Crippen LogP contribution is -2.06. The Morgan fingerprint density at radius 3 is 0.902 bits per heavy atom. The van der Waals surface area contributed by atoms with Crippen LogP contribution < -0.4 is 18.9 Å². The molecule has 0 amide bonds. The molecule has 2 aliphatic rings. The van der Waals surface area contributed by atoms with Gasteiger partial charge in [0.2, 0.25) is 0 Å². The zero-order chi connectivity index (χ0) is 42.4. The first kappa shape index (κ1) is 49.4. The van der Waals surface area contributed by atoms with Crippen molar-refractivity contribution in [2.24, 2.45) is 0 Å². The van der Waals surface area contributed by atoms with Crippen LogP contribution in [0.15, 0.2) is 28.7 Å². The fourth-order valence-electron chi connectivity index (χ4n) is 8.60. The summed E-state index contributed by atoms with van der Waals surface area (Å²) in [6.07, 6.45) is 43.7. The smallest absolute Gasteiger partial charge is 0.165 e. The molecule has 2 aromatic carbocycles. The van der Waals surface area contributed by atoms with Crippen molar-refractivity contribution < 1.29 is 32.8 Å². The molecule has 0 radical (unpaired) electrons. The summed E-state index contributed by atoms with van der Waals surface area (Å²) in [6.45, 7) is 8.46. The van der Waals surface area contributed by atoms with E-state index >= 15 is 0 Å². The van der Waals surface area contributed by atoms with Gasteiger partial charge in [0.25, 0.3) is 0 Å². The monoisotopic (exact) mass is 849 g/mol. The van der Waals surface area contributed by atoms with Crippen molar-refractivity contribution in [3.8, 4) is 23.0 Å². The predicted octanol–water partition coefficient (Wildman–Crippen LogP) is 16.4. The molecule has 2 saturated heterocycles. The molecule has 7 nitrogen and oxygen atoms in total. The van der Waals surface area contributed by atoms with E-state index in [0.717, 1.165) is 59.5 Å². The van der Waals surface area contributed by atoms with Gasteiger partial charge in [-0.15, -0.1) is 0 Å². The van der Waals surface area contributed by atoms with Gasteiger partial charge in [-0.3, -0.25) is 0 Å². The fourth-order valence-corrected chi connectivity index (χ4v) is 8.60. The highest BCUT2D eigenvalue weighted by atomic mass is 16.6. The molecule has 1 aromatic heterocycles. The van der Waals surface area contributed by atoms with Gasteiger partial charge in [0.15, 0.2) is 23.0 Å². The maximum absolute atomic E-state index is 6.45. The number of rotatable bonds is 42. The quantitative estimate of drug-likeness (QED) is 0.0415. The van der Waals surface area contributed by atoms with Gasteiger partial charge < -0.3 is 32.8 Å². The number of epoxide rings is 2. The average molecular weight is 849 g/mol. The van der Waals surface area contributed by atoms with E-state index in [4.69, 9.17) is 32.8 Å². The third kappa shape index (κ3) is 21.1. The Labute approximate surface area is 372 Å². The standard InChI is InChI=1S/C54H88O7/c1-3-5-7-9-11-13-15-17-19-21-23-25-27-29-31-33-35-55-51-37-47-48-38-52(56-36-34-32-30-28-26-24-22-20-18-16-14-12-10-8-6-4-2)54(60-44-46-42-58-46)40-50(48)61-49(47)39-53(51)59-43-45-41-57-45/h37-40,45-46H,3-36,41-44H2,1-2H3. The molecule has 2 aliphatic heterocycles. The highest BCUT2D eigenvalue weighted by molar-refractivity contribution is 6.07. The van der Waals surface area contributed by atoms with E-state index in [-0.39, 0.29) is 12.2 Å². The summed E-state index contributed by atoms with van der Waals surface area (Å²) in [6, 6.07) is 8.15. The Bertz CT molecular complexity index is 1430. The van der Waals surface area contributed by atoms with Crippen LogP contribution in [0.2, 0.25) is 0 Å². The van der Waals surface area contributed by atoms with Crippen LogP contribution in [0.5, 0.6) is 23.0 Å². The van der Waals surface area contributed by atoms with Gasteiger partial charge in [0, 0.05) is 22.9 Å². The van der Waals surface area contributed by atoms with Crippen LogP contribution in [-0.4, -0.2) is 51.8 Å². The minimum atomic E-state index is 0.156. The molecule has 0 spiro atoms. The van der Waals surface area contributed by atoms with Gasteiger partial charge in [-0.05, 0) is 25.0 Å². The molecule has 0 N–H and O–H groups in total. The topological polar surface area (TPSA) is 75.1 Å². The number of benzene rings is 2. The Hall–Kier alpha value is -2.64. The van der Waals surface area contributed by atoms with Gasteiger partial charge in [0.1, 0.15) is 36.6 Å². The zero-order valence-corrected chi connectivity index (χ0v) is 39.2. The minimum Gasteiger partial charge on any atom is -0.490 e. The predicted molar refractivity (Wildman–Crippen MR) is 254 cm³/mol. The maximum Gasteiger partial charge on any atom is 0.165 e. The van der Waals surface area contributed by atoms with Crippen molar-refractivity contribution in [2.45, 2.75) is 232 Å². The largest absolute Gasteiger partial charge is 0.490 e. The lowest BCUT2D eigenvalue weighted by atomic mass is 10.0. The van der Waals surface area contributed by atoms with E-state index < -0.39 is 0 Å². The summed E-state index contributed by atoms with van der Waals surface area (Å²) in [5.74, 6) is 2.94. The number of ether oxygens (including phenoxy) is 6. The maximum atomic E-state index is 6.45. The van der Waals surface area contributed by atoms with Crippen LogP contribution in [0.4, 0.5) is 0 Å². The summed E-state index contributed by atoms with van der Waals surface area (Å²) < 4.78 is 42.7. The van der Waals surface area contributed by atoms with Crippen molar-refractivity contribution in [3.05, 3.63) is 24.3 Å². The summed E-state index contributed by atoms with van der Waals surface area (Å²) >= 11 is 0. The highest BCUT2D eigenvalue weighted by Crippen LogP contribution is 2.42. The highest BCUT2D eigenvalue weighted by Gasteiger charge is 2.26. The van der Waals surface area contributed by atoms with Crippen LogP contribution in [0.1, 0.15) is 219 Å². The number of furan rings is 1. The van der Waals surface area contributed by atoms with Crippen molar-refractivity contribution in [1.82, 2.24) is 0 Å². The number of hydrogen-bond acceptors (Lipinski definition) is 7. The molecule has 2 atom stereocenters. The van der Waals surface area contributed by atoms with Crippen LogP contribution in [0.3, 0.4) is 0 Å². The molecule has 7 heteroatoms. The first-order valence-electron chi connectivity index (χ1n) is 26.0. The zero-order valence-electron chi connectivity index (χ0n) is 39.2. The normalized spacial score (nSPS) is 15.8.